The molecule has 24 heavy (non-hydrogen) atoms. The number of thioether (sulfide) groups is 1. The maximum Gasteiger partial charge on any atom is 0.232 e. The number of nitrogens with zero attached hydrogens (tertiary/aromatic N) is 4. The summed E-state index contributed by atoms with van der Waals surface area (Å²) in [6.45, 7) is 5.47. The van der Waals surface area contributed by atoms with Gasteiger partial charge in [-0.2, -0.15) is 0 Å². The zero-order valence-electron chi connectivity index (χ0n) is 13.6. The van der Waals surface area contributed by atoms with Crippen molar-refractivity contribution in [2.45, 2.75) is 12.1 Å². The van der Waals surface area contributed by atoms with Gasteiger partial charge in [0.15, 0.2) is 5.16 Å². The quantitative estimate of drug-likeness (QED) is 0.795. The third kappa shape index (κ3) is 3.88. The fourth-order valence-corrected chi connectivity index (χ4v) is 3.28. The van der Waals surface area contributed by atoms with Gasteiger partial charge < -0.3 is 15.0 Å². The number of morpholine rings is 1. The van der Waals surface area contributed by atoms with E-state index in [1.807, 2.05) is 41.8 Å². The van der Waals surface area contributed by atoms with Crippen LogP contribution in [0.2, 0.25) is 0 Å². The molecule has 1 aliphatic rings. The minimum absolute atomic E-state index is 0.00182. The summed E-state index contributed by atoms with van der Waals surface area (Å²) in [5, 5.41) is 12.2. The van der Waals surface area contributed by atoms with Gasteiger partial charge in [0, 0.05) is 19.6 Å². The van der Waals surface area contributed by atoms with Gasteiger partial charge in [-0.25, -0.2) is 0 Å². The van der Waals surface area contributed by atoms with Crippen molar-refractivity contribution in [3.05, 3.63) is 30.3 Å². The highest BCUT2D eigenvalue weighted by molar-refractivity contribution is 7.99. The summed E-state index contributed by atoms with van der Waals surface area (Å²) in [4.78, 5) is 13.9. The van der Waals surface area contributed by atoms with Crippen molar-refractivity contribution in [3.63, 3.8) is 0 Å². The van der Waals surface area contributed by atoms with E-state index in [2.05, 4.69) is 20.4 Å². The number of rotatable bonds is 6. The Hall–Kier alpha value is -2.06. The first-order valence-corrected chi connectivity index (χ1v) is 9.01. The normalized spacial score (nSPS) is 14.6. The molecule has 2 aromatic rings. The van der Waals surface area contributed by atoms with E-state index in [4.69, 9.17) is 4.74 Å². The highest BCUT2D eigenvalue weighted by Crippen LogP contribution is 2.26. The van der Waals surface area contributed by atoms with Gasteiger partial charge in [0.25, 0.3) is 0 Å². The Balaban J connectivity index is 1.88. The molecule has 0 atom stereocenters. The second-order valence-corrected chi connectivity index (χ2v) is 6.24. The molecule has 7 nitrogen and oxygen atoms in total. The van der Waals surface area contributed by atoms with Gasteiger partial charge in [-0.1, -0.05) is 30.0 Å². The Labute approximate surface area is 145 Å². The number of ether oxygens (including phenoxy) is 1. The molecule has 1 saturated heterocycles. The first-order valence-electron chi connectivity index (χ1n) is 8.02. The number of amides is 1. The van der Waals surface area contributed by atoms with Crippen molar-refractivity contribution >= 4 is 23.6 Å². The van der Waals surface area contributed by atoms with Crippen LogP contribution in [0.5, 0.6) is 0 Å². The number of hydrogen-bond donors (Lipinski definition) is 1. The molecule has 0 aliphatic carbocycles. The van der Waals surface area contributed by atoms with Crippen LogP contribution in [0, 0.1) is 0 Å². The number of nitrogens with one attached hydrogen (secondary N) is 1. The standard InChI is InChI=1S/C16H21N5O2S/c1-2-17-14(22)12-24-16-19-18-15(20-8-10-23-11-9-20)21(16)13-6-4-3-5-7-13/h3-7H,2,8-12H2,1H3,(H,17,22). The molecule has 0 unspecified atom stereocenters. The lowest BCUT2D eigenvalue weighted by molar-refractivity contribution is -0.118. The van der Waals surface area contributed by atoms with Gasteiger partial charge in [0.1, 0.15) is 0 Å². The maximum absolute atomic E-state index is 11.8. The first-order chi connectivity index (χ1) is 11.8. The Bertz CT molecular complexity index is 670. The van der Waals surface area contributed by atoms with Gasteiger partial charge in [0.05, 0.1) is 24.7 Å². The summed E-state index contributed by atoms with van der Waals surface area (Å²) >= 11 is 1.39. The van der Waals surface area contributed by atoms with E-state index in [0.717, 1.165) is 24.7 Å². The molecule has 3 rings (SSSR count). The van der Waals surface area contributed by atoms with Crippen LogP contribution in [0.4, 0.5) is 5.95 Å². The molecule has 128 valence electrons. The Morgan fingerprint density at radius 2 is 2.00 bits per heavy atom. The molecule has 0 spiro atoms. The fraction of sp³-hybridized carbons (Fsp3) is 0.438. The van der Waals surface area contributed by atoms with E-state index in [-0.39, 0.29) is 5.91 Å². The summed E-state index contributed by atoms with van der Waals surface area (Å²) in [6, 6.07) is 9.98. The molecule has 0 bridgehead atoms. The molecular weight excluding hydrogens is 326 g/mol. The van der Waals surface area contributed by atoms with E-state index in [1.54, 1.807) is 0 Å². The lowest BCUT2D eigenvalue weighted by atomic mass is 10.3. The van der Waals surface area contributed by atoms with Crippen LogP contribution in [-0.2, 0) is 9.53 Å². The lowest BCUT2D eigenvalue weighted by Gasteiger charge is -2.27. The predicted molar refractivity (Wildman–Crippen MR) is 93.8 cm³/mol. The number of hydrogen-bond acceptors (Lipinski definition) is 6. The van der Waals surface area contributed by atoms with Crippen LogP contribution in [0.25, 0.3) is 5.69 Å². The Morgan fingerprint density at radius 3 is 2.71 bits per heavy atom. The van der Waals surface area contributed by atoms with Crippen LogP contribution in [0.15, 0.2) is 35.5 Å². The zero-order valence-corrected chi connectivity index (χ0v) is 14.5. The lowest BCUT2D eigenvalue weighted by Crippen LogP contribution is -2.37. The molecular formula is C16H21N5O2S. The summed E-state index contributed by atoms with van der Waals surface area (Å²) < 4.78 is 7.43. The molecule has 0 saturated carbocycles. The van der Waals surface area contributed by atoms with Crippen molar-refractivity contribution in [3.8, 4) is 5.69 Å². The van der Waals surface area contributed by atoms with Gasteiger partial charge in [-0.05, 0) is 19.1 Å². The summed E-state index contributed by atoms with van der Waals surface area (Å²) in [5.74, 6) is 1.11. The van der Waals surface area contributed by atoms with Crippen molar-refractivity contribution in [1.82, 2.24) is 20.1 Å². The first kappa shape index (κ1) is 16.8. The second-order valence-electron chi connectivity index (χ2n) is 5.30. The predicted octanol–water partition coefficient (Wildman–Crippen LogP) is 1.33. The zero-order chi connectivity index (χ0) is 16.8. The third-order valence-electron chi connectivity index (χ3n) is 3.63. The minimum Gasteiger partial charge on any atom is -0.378 e. The molecule has 1 N–H and O–H groups in total. The minimum atomic E-state index is -0.00182. The van der Waals surface area contributed by atoms with Crippen LogP contribution in [-0.4, -0.2) is 59.3 Å². The van der Waals surface area contributed by atoms with Crippen molar-refractivity contribution in [1.29, 1.82) is 0 Å². The second kappa shape index (κ2) is 8.16. The summed E-state index contributed by atoms with van der Waals surface area (Å²) in [7, 11) is 0. The average Bonchev–Trinajstić information content (AvgIpc) is 3.06. The highest BCUT2D eigenvalue weighted by Gasteiger charge is 2.22. The molecule has 8 heteroatoms. The third-order valence-corrected chi connectivity index (χ3v) is 4.56. The van der Waals surface area contributed by atoms with Gasteiger partial charge in [-0.15, -0.1) is 10.2 Å². The van der Waals surface area contributed by atoms with Crippen LogP contribution in [0.1, 0.15) is 6.92 Å². The maximum atomic E-state index is 11.8. The van der Waals surface area contributed by atoms with E-state index in [0.29, 0.717) is 30.7 Å². The average molecular weight is 347 g/mol. The molecule has 2 heterocycles. The summed E-state index contributed by atoms with van der Waals surface area (Å²) in [5.41, 5.74) is 0.988. The van der Waals surface area contributed by atoms with Crippen LogP contribution in [0.3, 0.4) is 0 Å². The van der Waals surface area contributed by atoms with Gasteiger partial charge >= 0.3 is 0 Å². The molecule has 1 aliphatic heterocycles. The fourth-order valence-electron chi connectivity index (χ4n) is 2.51. The SMILES string of the molecule is CCNC(=O)CSc1nnc(N2CCOCC2)n1-c1ccccc1. The molecule has 0 radical (unpaired) electrons. The Morgan fingerprint density at radius 1 is 1.25 bits per heavy atom. The van der Waals surface area contributed by atoms with Gasteiger partial charge in [-0.3, -0.25) is 9.36 Å². The van der Waals surface area contributed by atoms with Crippen molar-refractivity contribution in [2.24, 2.45) is 0 Å². The van der Waals surface area contributed by atoms with E-state index < -0.39 is 0 Å². The smallest absolute Gasteiger partial charge is 0.232 e. The van der Waals surface area contributed by atoms with Crippen molar-refractivity contribution in [2.75, 3.05) is 43.5 Å². The summed E-state index contributed by atoms with van der Waals surface area (Å²) in [6.07, 6.45) is 0. The highest BCUT2D eigenvalue weighted by atomic mass is 32.2. The van der Waals surface area contributed by atoms with E-state index in [1.165, 1.54) is 11.8 Å². The number of carbonyl (C=O) groups is 1. The number of benzene rings is 1. The number of para-hydroxylation sites is 1. The van der Waals surface area contributed by atoms with Crippen LogP contribution < -0.4 is 10.2 Å². The largest absolute Gasteiger partial charge is 0.378 e. The van der Waals surface area contributed by atoms with Crippen molar-refractivity contribution < 1.29 is 9.53 Å². The van der Waals surface area contributed by atoms with Crippen LogP contribution >= 0.6 is 11.8 Å². The monoisotopic (exact) mass is 347 g/mol. The topological polar surface area (TPSA) is 72.3 Å². The number of carbonyl (C=O) groups excluding carboxylic acids is 1. The van der Waals surface area contributed by atoms with E-state index >= 15 is 0 Å². The van der Waals surface area contributed by atoms with E-state index in [9.17, 15) is 4.79 Å². The Kier molecular flexibility index (Phi) is 5.71. The molecule has 1 amide bonds. The van der Waals surface area contributed by atoms with Gasteiger partial charge in [0.2, 0.25) is 11.9 Å². The molecule has 1 aromatic heterocycles. The molecule has 1 aromatic carbocycles. The molecule has 1 fully saturated rings. The number of anilines is 1. The number of aromatic nitrogens is 3.